The molecule has 4 heteroatoms. The van der Waals surface area contributed by atoms with Crippen molar-refractivity contribution >= 4 is 38.4 Å². The first-order chi connectivity index (χ1) is 9.76. The van der Waals surface area contributed by atoms with Gasteiger partial charge in [-0.25, -0.2) is 0 Å². The predicted octanol–water partition coefficient (Wildman–Crippen LogP) is 5.53. The van der Waals surface area contributed by atoms with Gasteiger partial charge in [0.05, 0.1) is 17.6 Å². The van der Waals surface area contributed by atoms with E-state index >= 15 is 0 Å². The van der Waals surface area contributed by atoms with Gasteiger partial charge in [-0.05, 0) is 30.3 Å². The van der Waals surface area contributed by atoms with E-state index in [1.165, 1.54) is 0 Å². The first-order valence-electron chi connectivity index (χ1n) is 6.13. The molecule has 3 rings (SSSR count). The van der Waals surface area contributed by atoms with Crippen LogP contribution in [0.2, 0.25) is 0 Å². The number of ether oxygens (including phenoxy) is 1. The van der Waals surface area contributed by atoms with Crippen LogP contribution in [-0.2, 0) is 5.88 Å². The monoisotopic (exact) mass is 347 g/mol. The van der Waals surface area contributed by atoms with Gasteiger partial charge in [0.1, 0.15) is 11.5 Å². The first-order valence-corrected chi connectivity index (χ1v) is 7.46. The van der Waals surface area contributed by atoms with Crippen LogP contribution in [-0.4, -0.2) is 4.98 Å². The van der Waals surface area contributed by atoms with Crippen molar-refractivity contribution in [2.45, 2.75) is 5.88 Å². The molecule has 0 amide bonds. The highest BCUT2D eigenvalue weighted by molar-refractivity contribution is 9.10. The highest BCUT2D eigenvalue weighted by Gasteiger charge is 2.06. The minimum Gasteiger partial charge on any atom is -0.455 e. The molecule has 0 aliphatic carbocycles. The molecule has 1 heterocycles. The summed E-state index contributed by atoms with van der Waals surface area (Å²) < 4.78 is 6.88. The third kappa shape index (κ3) is 2.79. The minimum atomic E-state index is 0.399. The third-order valence-corrected chi connectivity index (χ3v) is 3.74. The molecule has 0 aliphatic heterocycles. The molecule has 1 aromatic heterocycles. The Bertz CT molecular complexity index is 760. The van der Waals surface area contributed by atoms with Crippen LogP contribution in [0.25, 0.3) is 10.9 Å². The number of alkyl halides is 1. The average molecular weight is 349 g/mol. The quantitative estimate of drug-likeness (QED) is 0.581. The molecule has 0 bridgehead atoms. The fourth-order valence-electron chi connectivity index (χ4n) is 1.99. The van der Waals surface area contributed by atoms with Crippen LogP contribution >= 0.6 is 27.5 Å². The van der Waals surface area contributed by atoms with Crippen molar-refractivity contribution in [2.75, 3.05) is 0 Å². The summed E-state index contributed by atoms with van der Waals surface area (Å²) in [5.41, 5.74) is 1.89. The predicted molar refractivity (Wildman–Crippen MR) is 85.5 cm³/mol. The lowest BCUT2D eigenvalue weighted by molar-refractivity contribution is 0.477. The highest BCUT2D eigenvalue weighted by Crippen LogP contribution is 2.30. The number of hydrogen-bond acceptors (Lipinski definition) is 2. The van der Waals surface area contributed by atoms with Crippen molar-refractivity contribution in [2.24, 2.45) is 0 Å². The Hall–Kier alpha value is -1.58. The SMILES string of the molecule is ClCc1cc(Br)ccc1Oc1cnc2ccccc2c1. The zero-order chi connectivity index (χ0) is 13.9. The van der Waals surface area contributed by atoms with Gasteiger partial charge >= 0.3 is 0 Å². The smallest absolute Gasteiger partial charge is 0.146 e. The second-order valence-corrected chi connectivity index (χ2v) is 5.53. The molecule has 0 fully saturated rings. The Morgan fingerprint density at radius 2 is 1.95 bits per heavy atom. The maximum atomic E-state index is 5.95. The molecule has 0 spiro atoms. The number of hydrogen-bond donors (Lipinski definition) is 0. The molecule has 2 aromatic carbocycles. The van der Waals surface area contributed by atoms with Gasteiger partial charge in [-0.2, -0.15) is 0 Å². The highest BCUT2D eigenvalue weighted by atomic mass is 79.9. The summed E-state index contributed by atoms with van der Waals surface area (Å²) in [7, 11) is 0. The van der Waals surface area contributed by atoms with E-state index in [9.17, 15) is 0 Å². The average Bonchev–Trinajstić information content (AvgIpc) is 2.49. The van der Waals surface area contributed by atoms with E-state index in [4.69, 9.17) is 16.3 Å². The van der Waals surface area contributed by atoms with Crippen molar-refractivity contribution < 1.29 is 4.74 Å². The summed E-state index contributed by atoms with van der Waals surface area (Å²) in [5.74, 6) is 1.85. The number of rotatable bonds is 3. The van der Waals surface area contributed by atoms with Crippen LogP contribution in [0.15, 0.2) is 59.2 Å². The van der Waals surface area contributed by atoms with Gasteiger partial charge in [-0.1, -0.05) is 34.1 Å². The number of halogens is 2. The number of benzene rings is 2. The zero-order valence-corrected chi connectivity index (χ0v) is 12.9. The second kappa shape index (κ2) is 5.81. The third-order valence-electron chi connectivity index (χ3n) is 2.96. The second-order valence-electron chi connectivity index (χ2n) is 4.35. The standard InChI is InChI=1S/C16H11BrClNO/c17-13-5-6-16(12(7-13)9-18)20-14-8-11-3-1-2-4-15(11)19-10-14/h1-8,10H,9H2. The number of aromatic nitrogens is 1. The summed E-state index contributed by atoms with van der Waals surface area (Å²) in [6.45, 7) is 0. The van der Waals surface area contributed by atoms with E-state index in [2.05, 4.69) is 20.9 Å². The van der Waals surface area contributed by atoms with Gasteiger partial charge in [-0.3, -0.25) is 4.98 Å². The number of nitrogens with zero attached hydrogens (tertiary/aromatic N) is 1. The molecule has 0 unspecified atom stereocenters. The van der Waals surface area contributed by atoms with Crippen molar-refractivity contribution in [1.82, 2.24) is 4.98 Å². The summed E-state index contributed by atoms with van der Waals surface area (Å²) in [6, 6.07) is 15.7. The fraction of sp³-hybridized carbons (Fsp3) is 0.0625. The lowest BCUT2D eigenvalue weighted by atomic mass is 10.2. The molecular formula is C16H11BrClNO. The number of pyridine rings is 1. The summed E-state index contributed by atoms with van der Waals surface area (Å²) in [4.78, 5) is 4.38. The molecule has 0 N–H and O–H groups in total. The van der Waals surface area contributed by atoms with Gasteiger partial charge in [0.2, 0.25) is 0 Å². The molecule has 0 aliphatic rings. The van der Waals surface area contributed by atoms with Crippen molar-refractivity contribution in [3.63, 3.8) is 0 Å². The van der Waals surface area contributed by atoms with E-state index in [1.54, 1.807) is 6.20 Å². The molecule has 0 atom stereocenters. The molecular weight excluding hydrogens is 338 g/mol. The Morgan fingerprint density at radius 1 is 1.10 bits per heavy atom. The molecule has 20 heavy (non-hydrogen) atoms. The summed E-state index contributed by atoms with van der Waals surface area (Å²) in [5, 5.41) is 1.05. The Kier molecular flexibility index (Phi) is 3.90. The number of para-hydroxylation sites is 1. The van der Waals surface area contributed by atoms with Crippen LogP contribution in [0.3, 0.4) is 0 Å². The van der Waals surface area contributed by atoms with Crippen LogP contribution < -0.4 is 4.74 Å². The molecule has 0 saturated heterocycles. The van der Waals surface area contributed by atoms with Crippen LogP contribution in [0.1, 0.15) is 5.56 Å². The molecule has 0 saturated carbocycles. The van der Waals surface area contributed by atoms with Gasteiger partial charge in [0.15, 0.2) is 0 Å². The van der Waals surface area contributed by atoms with Gasteiger partial charge < -0.3 is 4.74 Å². The Labute approximate surface area is 130 Å². The Morgan fingerprint density at radius 3 is 2.80 bits per heavy atom. The molecule has 100 valence electrons. The largest absolute Gasteiger partial charge is 0.455 e. The minimum absolute atomic E-state index is 0.399. The van der Waals surface area contributed by atoms with Crippen LogP contribution in [0.5, 0.6) is 11.5 Å². The van der Waals surface area contributed by atoms with Crippen molar-refractivity contribution in [3.8, 4) is 11.5 Å². The summed E-state index contributed by atoms with van der Waals surface area (Å²) >= 11 is 9.38. The van der Waals surface area contributed by atoms with Gasteiger partial charge in [0.25, 0.3) is 0 Å². The summed E-state index contributed by atoms with van der Waals surface area (Å²) in [6.07, 6.45) is 1.72. The van der Waals surface area contributed by atoms with Crippen molar-refractivity contribution in [1.29, 1.82) is 0 Å². The van der Waals surface area contributed by atoms with E-state index < -0.39 is 0 Å². The Balaban J connectivity index is 1.96. The zero-order valence-electron chi connectivity index (χ0n) is 10.5. The molecule has 2 nitrogen and oxygen atoms in total. The maximum absolute atomic E-state index is 5.95. The normalized spacial score (nSPS) is 10.7. The first kappa shape index (κ1) is 13.4. The fourth-order valence-corrected chi connectivity index (χ4v) is 2.60. The van der Waals surface area contributed by atoms with Gasteiger partial charge in [0, 0.05) is 15.4 Å². The maximum Gasteiger partial charge on any atom is 0.146 e. The van der Waals surface area contributed by atoms with E-state index in [0.29, 0.717) is 11.6 Å². The van der Waals surface area contributed by atoms with Crippen LogP contribution in [0, 0.1) is 0 Å². The van der Waals surface area contributed by atoms with Gasteiger partial charge in [-0.15, -0.1) is 11.6 Å². The number of fused-ring (bicyclic) bond motifs is 1. The van der Waals surface area contributed by atoms with E-state index in [0.717, 1.165) is 26.7 Å². The molecule has 0 radical (unpaired) electrons. The topological polar surface area (TPSA) is 22.1 Å². The van der Waals surface area contributed by atoms with Crippen molar-refractivity contribution in [3.05, 3.63) is 64.8 Å². The lowest BCUT2D eigenvalue weighted by Crippen LogP contribution is -1.91. The van der Waals surface area contributed by atoms with E-state index in [-0.39, 0.29) is 0 Å². The van der Waals surface area contributed by atoms with Crippen LogP contribution in [0.4, 0.5) is 0 Å². The van der Waals surface area contributed by atoms with E-state index in [1.807, 2.05) is 48.5 Å². The molecule has 3 aromatic rings. The lowest BCUT2D eigenvalue weighted by Gasteiger charge is -2.10.